The molecular formula is C14H20N4O2S. The number of carbonyl (C=O) groups is 1. The molecule has 1 rings (SSSR count). The second-order valence-corrected chi connectivity index (χ2v) is 5.15. The van der Waals surface area contributed by atoms with Gasteiger partial charge in [0.05, 0.1) is 6.04 Å². The molecule has 0 aliphatic rings. The molecule has 0 fully saturated rings. The van der Waals surface area contributed by atoms with Crippen LogP contribution >= 0.6 is 12.2 Å². The van der Waals surface area contributed by atoms with Crippen molar-refractivity contribution in [2.24, 2.45) is 10.8 Å². The van der Waals surface area contributed by atoms with Gasteiger partial charge in [0.1, 0.15) is 0 Å². The standard InChI is InChI=1S/C14H20N4O2S/c1-10-3-5-12(6-4-10)7-8-18(14(19)20)11(2)9-16-17-13(15)21/h3-6,9,11H,7-8H2,1-2H3,(H,19,20)(H3,15,17,21). The smallest absolute Gasteiger partial charge is 0.407 e. The molecule has 0 aliphatic carbocycles. The molecule has 0 saturated heterocycles. The maximum atomic E-state index is 11.3. The van der Waals surface area contributed by atoms with Crippen LogP contribution in [-0.4, -0.2) is 40.0 Å². The Labute approximate surface area is 129 Å². The first-order valence-corrected chi connectivity index (χ1v) is 6.94. The highest BCUT2D eigenvalue weighted by Gasteiger charge is 2.17. The molecule has 7 heteroatoms. The highest BCUT2D eigenvalue weighted by Crippen LogP contribution is 2.06. The van der Waals surface area contributed by atoms with Crippen molar-refractivity contribution in [1.82, 2.24) is 10.3 Å². The fourth-order valence-electron chi connectivity index (χ4n) is 1.77. The minimum absolute atomic E-state index is 0.0416. The molecule has 6 nitrogen and oxygen atoms in total. The monoisotopic (exact) mass is 308 g/mol. The summed E-state index contributed by atoms with van der Waals surface area (Å²) >= 11 is 4.61. The average Bonchev–Trinajstić information content (AvgIpc) is 2.40. The SMILES string of the molecule is Cc1ccc(CCN(C(=O)O)C(C)C=NNC(N)=S)cc1. The summed E-state index contributed by atoms with van der Waals surface area (Å²) in [7, 11) is 0. The molecule has 21 heavy (non-hydrogen) atoms. The number of benzene rings is 1. The molecule has 1 amide bonds. The molecular weight excluding hydrogens is 288 g/mol. The normalized spacial score (nSPS) is 12.1. The Morgan fingerprint density at radius 3 is 2.67 bits per heavy atom. The van der Waals surface area contributed by atoms with Crippen LogP contribution in [0.5, 0.6) is 0 Å². The maximum absolute atomic E-state index is 11.3. The largest absolute Gasteiger partial charge is 0.465 e. The van der Waals surface area contributed by atoms with Crippen molar-refractivity contribution in [2.45, 2.75) is 26.3 Å². The van der Waals surface area contributed by atoms with Crippen molar-refractivity contribution in [2.75, 3.05) is 6.54 Å². The number of nitrogens with two attached hydrogens (primary N) is 1. The molecule has 0 aliphatic heterocycles. The lowest BCUT2D eigenvalue weighted by atomic mass is 10.1. The van der Waals surface area contributed by atoms with Crippen molar-refractivity contribution >= 4 is 29.6 Å². The predicted octanol–water partition coefficient (Wildman–Crippen LogP) is 1.73. The summed E-state index contributed by atoms with van der Waals surface area (Å²) in [5, 5.41) is 13.1. The third-order valence-corrected chi connectivity index (χ3v) is 3.06. The third-order valence-electron chi connectivity index (χ3n) is 2.96. The molecule has 4 N–H and O–H groups in total. The van der Waals surface area contributed by atoms with Gasteiger partial charge >= 0.3 is 6.09 Å². The first-order valence-electron chi connectivity index (χ1n) is 6.54. The molecule has 0 heterocycles. The van der Waals surface area contributed by atoms with Crippen LogP contribution in [0.25, 0.3) is 0 Å². The summed E-state index contributed by atoms with van der Waals surface area (Å²) in [6, 6.07) is 7.65. The van der Waals surface area contributed by atoms with Gasteiger partial charge in [0.2, 0.25) is 0 Å². The number of amides is 1. The van der Waals surface area contributed by atoms with Crippen LogP contribution in [-0.2, 0) is 6.42 Å². The quantitative estimate of drug-likeness (QED) is 0.423. The van der Waals surface area contributed by atoms with E-state index in [1.165, 1.54) is 16.7 Å². The van der Waals surface area contributed by atoms with E-state index in [-0.39, 0.29) is 11.2 Å². The van der Waals surface area contributed by atoms with E-state index in [0.717, 1.165) is 5.56 Å². The Morgan fingerprint density at radius 1 is 1.52 bits per heavy atom. The van der Waals surface area contributed by atoms with Crippen molar-refractivity contribution in [3.8, 4) is 0 Å². The van der Waals surface area contributed by atoms with Crippen LogP contribution in [0.3, 0.4) is 0 Å². The van der Waals surface area contributed by atoms with Gasteiger partial charge in [-0.05, 0) is 38.0 Å². The van der Waals surface area contributed by atoms with Crippen molar-refractivity contribution in [1.29, 1.82) is 0 Å². The lowest BCUT2D eigenvalue weighted by Gasteiger charge is -2.23. The Balaban J connectivity index is 2.60. The number of hydrogen-bond acceptors (Lipinski definition) is 3. The van der Waals surface area contributed by atoms with E-state index in [1.54, 1.807) is 6.92 Å². The highest BCUT2D eigenvalue weighted by atomic mass is 32.1. The summed E-state index contributed by atoms with van der Waals surface area (Å²) in [6.07, 6.45) is 1.12. The Bertz CT molecular complexity index is 516. The number of nitrogens with one attached hydrogen (secondary N) is 1. The van der Waals surface area contributed by atoms with Crippen molar-refractivity contribution in [3.63, 3.8) is 0 Å². The van der Waals surface area contributed by atoms with E-state index in [9.17, 15) is 9.90 Å². The first-order chi connectivity index (χ1) is 9.90. The van der Waals surface area contributed by atoms with E-state index >= 15 is 0 Å². The van der Waals surface area contributed by atoms with Gasteiger partial charge in [0.25, 0.3) is 0 Å². The number of carboxylic acid groups (broad SMARTS) is 1. The molecule has 1 aromatic carbocycles. The molecule has 0 saturated carbocycles. The lowest BCUT2D eigenvalue weighted by Crippen LogP contribution is -2.40. The third kappa shape index (κ3) is 6.22. The molecule has 114 valence electrons. The summed E-state index contributed by atoms with van der Waals surface area (Å²) in [4.78, 5) is 12.6. The van der Waals surface area contributed by atoms with Crippen LogP contribution in [0.15, 0.2) is 29.4 Å². The number of aryl methyl sites for hydroxylation is 1. The maximum Gasteiger partial charge on any atom is 0.407 e. The van der Waals surface area contributed by atoms with Gasteiger partial charge in [0, 0.05) is 12.8 Å². The molecule has 1 aromatic rings. The van der Waals surface area contributed by atoms with Gasteiger partial charge in [-0.2, -0.15) is 5.10 Å². The first kappa shape index (κ1) is 16.9. The summed E-state index contributed by atoms with van der Waals surface area (Å²) in [5.41, 5.74) is 9.92. The van der Waals surface area contributed by atoms with Crippen LogP contribution < -0.4 is 11.2 Å². The van der Waals surface area contributed by atoms with Crippen LogP contribution in [0.4, 0.5) is 4.79 Å². The van der Waals surface area contributed by atoms with Gasteiger partial charge < -0.3 is 15.7 Å². The van der Waals surface area contributed by atoms with Gasteiger partial charge in [-0.25, -0.2) is 4.79 Å². The fraction of sp³-hybridized carbons (Fsp3) is 0.357. The Hall–Kier alpha value is -2.15. The molecule has 1 atom stereocenters. The van der Waals surface area contributed by atoms with Crippen LogP contribution in [0.2, 0.25) is 0 Å². The zero-order valence-corrected chi connectivity index (χ0v) is 12.9. The lowest BCUT2D eigenvalue weighted by molar-refractivity contribution is 0.141. The van der Waals surface area contributed by atoms with Gasteiger partial charge in [-0.15, -0.1) is 0 Å². The topological polar surface area (TPSA) is 91.0 Å². The zero-order chi connectivity index (χ0) is 15.8. The molecule has 0 aromatic heterocycles. The number of thiocarbonyl (C=S) groups is 1. The minimum atomic E-state index is -0.989. The minimum Gasteiger partial charge on any atom is -0.465 e. The van der Waals surface area contributed by atoms with Crippen LogP contribution in [0.1, 0.15) is 18.1 Å². The van der Waals surface area contributed by atoms with Crippen molar-refractivity contribution in [3.05, 3.63) is 35.4 Å². The number of rotatable bonds is 6. The fourth-order valence-corrected chi connectivity index (χ4v) is 1.82. The Morgan fingerprint density at radius 2 is 2.14 bits per heavy atom. The summed E-state index contributed by atoms with van der Waals surface area (Å²) in [5.74, 6) is 0. The van der Waals surface area contributed by atoms with Crippen LogP contribution in [0, 0.1) is 6.92 Å². The van der Waals surface area contributed by atoms with Gasteiger partial charge in [0.15, 0.2) is 5.11 Å². The van der Waals surface area contributed by atoms with E-state index in [1.807, 2.05) is 31.2 Å². The van der Waals surface area contributed by atoms with Crippen molar-refractivity contribution < 1.29 is 9.90 Å². The highest BCUT2D eigenvalue weighted by molar-refractivity contribution is 7.80. The summed E-state index contributed by atoms with van der Waals surface area (Å²) < 4.78 is 0. The van der Waals surface area contributed by atoms with Gasteiger partial charge in [-0.1, -0.05) is 29.8 Å². The van der Waals surface area contributed by atoms with E-state index < -0.39 is 6.09 Å². The summed E-state index contributed by atoms with van der Waals surface area (Å²) in [6.45, 7) is 4.15. The predicted molar refractivity (Wildman–Crippen MR) is 87.5 cm³/mol. The molecule has 0 radical (unpaired) electrons. The molecule has 0 bridgehead atoms. The van der Waals surface area contributed by atoms with Gasteiger partial charge in [-0.3, -0.25) is 5.43 Å². The molecule has 1 unspecified atom stereocenters. The zero-order valence-electron chi connectivity index (χ0n) is 12.1. The number of nitrogens with zero attached hydrogens (tertiary/aromatic N) is 2. The number of hydrogen-bond donors (Lipinski definition) is 3. The Kier molecular flexibility index (Phi) is 6.61. The van der Waals surface area contributed by atoms with E-state index in [2.05, 4.69) is 22.7 Å². The second kappa shape index (κ2) is 8.21. The second-order valence-electron chi connectivity index (χ2n) is 4.71. The molecule has 0 spiro atoms. The average molecular weight is 308 g/mol. The van der Waals surface area contributed by atoms with E-state index in [4.69, 9.17) is 5.73 Å². The van der Waals surface area contributed by atoms with E-state index in [0.29, 0.717) is 13.0 Å². The number of hydrazone groups is 1.